The Labute approximate surface area is 163 Å². The highest BCUT2D eigenvalue weighted by Gasteiger charge is 2.39. The van der Waals surface area contributed by atoms with E-state index in [-0.39, 0.29) is 16.0 Å². The predicted molar refractivity (Wildman–Crippen MR) is 104 cm³/mol. The second-order valence-electron chi connectivity index (χ2n) is 6.62. The fourth-order valence-electron chi connectivity index (χ4n) is 3.38. The molecule has 4 rings (SSSR count). The molecule has 1 saturated heterocycles. The molecule has 2 heterocycles. The molecule has 3 aromatic rings. The van der Waals surface area contributed by atoms with Gasteiger partial charge in [-0.2, -0.15) is 9.40 Å². The zero-order valence-electron chi connectivity index (χ0n) is 14.8. The molecule has 27 heavy (non-hydrogen) atoms. The van der Waals surface area contributed by atoms with Crippen molar-refractivity contribution < 1.29 is 8.42 Å². The molecule has 140 valence electrons. The summed E-state index contributed by atoms with van der Waals surface area (Å²) in [5.74, 6) is 1.11. The van der Waals surface area contributed by atoms with Crippen LogP contribution in [0.2, 0.25) is 5.02 Å². The first-order valence-corrected chi connectivity index (χ1v) is 10.5. The van der Waals surface area contributed by atoms with E-state index < -0.39 is 10.0 Å². The first-order valence-electron chi connectivity index (χ1n) is 8.72. The van der Waals surface area contributed by atoms with E-state index in [9.17, 15) is 8.42 Å². The first kappa shape index (κ1) is 18.2. The molecule has 1 aliphatic rings. The van der Waals surface area contributed by atoms with Gasteiger partial charge >= 0.3 is 0 Å². The number of aromatic nitrogens is 3. The fourth-order valence-corrected chi connectivity index (χ4v) is 5.62. The van der Waals surface area contributed by atoms with Gasteiger partial charge in [0.25, 0.3) is 0 Å². The van der Waals surface area contributed by atoms with E-state index in [1.165, 1.54) is 4.31 Å². The number of aromatic amines is 1. The molecule has 1 aromatic heterocycles. The van der Waals surface area contributed by atoms with Gasteiger partial charge in [0.05, 0.1) is 11.1 Å². The Balaban J connectivity index is 1.67. The third kappa shape index (κ3) is 3.38. The normalized spacial score (nSPS) is 18.1. The standard InChI is InChI=1S/C19H19ClN4O2S/c1-13-9-10-17(15(20)12-13)27(25,26)24-11-5-8-16(24)19-21-18(22-23-19)14-6-3-2-4-7-14/h2-4,6-7,9-10,12,16H,5,8,11H2,1H3,(H,21,22,23)/t16-/m0/s1. The van der Waals surface area contributed by atoms with Crippen molar-refractivity contribution in [3.8, 4) is 11.4 Å². The number of H-pyrrole nitrogens is 1. The average molecular weight is 403 g/mol. The summed E-state index contributed by atoms with van der Waals surface area (Å²) in [6.07, 6.45) is 1.45. The van der Waals surface area contributed by atoms with Gasteiger partial charge in [-0.1, -0.05) is 48.0 Å². The maximum atomic E-state index is 13.2. The number of rotatable bonds is 4. The Morgan fingerprint density at radius 2 is 1.96 bits per heavy atom. The molecule has 0 saturated carbocycles. The molecule has 1 aliphatic heterocycles. The minimum absolute atomic E-state index is 0.129. The van der Waals surface area contributed by atoms with Crippen molar-refractivity contribution in [3.63, 3.8) is 0 Å². The Bertz CT molecular complexity index is 1070. The van der Waals surface area contributed by atoms with Crippen molar-refractivity contribution in [1.82, 2.24) is 19.5 Å². The monoisotopic (exact) mass is 402 g/mol. The molecule has 0 aliphatic carbocycles. The lowest BCUT2D eigenvalue weighted by Gasteiger charge is -2.23. The van der Waals surface area contributed by atoms with Gasteiger partial charge in [-0.05, 0) is 37.5 Å². The zero-order valence-corrected chi connectivity index (χ0v) is 16.3. The molecule has 0 unspecified atom stereocenters. The predicted octanol–water partition coefficient (Wildman–Crippen LogP) is 3.96. The summed E-state index contributed by atoms with van der Waals surface area (Å²) >= 11 is 6.23. The smallest absolute Gasteiger partial charge is 0.245 e. The molecular formula is C19H19ClN4O2S. The minimum atomic E-state index is -3.73. The summed E-state index contributed by atoms with van der Waals surface area (Å²) in [5.41, 5.74) is 1.80. The van der Waals surface area contributed by atoms with Crippen LogP contribution in [0.3, 0.4) is 0 Å². The van der Waals surface area contributed by atoms with E-state index in [2.05, 4.69) is 15.2 Å². The fraction of sp³-hybridized carbons (Fsp3) is 0.263. The lowest BCUT2D eigenvalue weighted by atomic mass is 10.2. The number of sulfonamides is 1. The summed E-state index contributed by atoms with van der Waals surface area (Å²) in [6, 6.07) is 14.2. The van der Waals surface area contributed by atoms with E-state index >= 15 is 0 Å². The SMILES string of the molecule is Cc1ccc(S(=O)(=O)N2CCC[C@H]2c2nc(-c3ccccc3)n[nH]2)c(Cl)c1. The molecule has 0 bridgehead atoms. The lowest BCUT2D eigenvalue weighted by molar-refractivity contribution is 0.384. The van der Waals surface area contributed by atoms with Crippen molar-refractivity contribution in [2.75, 3.05) is 6.54 Å². The van der Waals surface area contributed by atoms with E-state index in [1.54, 1.807) is 18.2 Å². The van der Waals surface area contributed by atoms with Crippen molar-refractivity contribution in [3.05, 3.63) is 64.9 Å². The summed E-state index contributed by atoms with van der Waals surface area (Å²) < 4.78 is 27.9. The molecule has 2 aromatic carbocycles. The maximum absolute atomic E-state index is 13.2. The summed E-state index contributed by atoms with van der Waals surface area (Å²) in [6.45, 7) is 2.30. The van der Waals surface area contributed by atoms with Crippen LogP contribution in [0, 0.1) is 6.92 Å². The van der Waals surface area contributed by atoms with Crippen LogP contribution in [0.5, 0.6) is 0 Å². The summed E-state index contributed by atoms with van der Waals surface area (Å²) in [4.78, 5) is 4.68. The summed E-state index contributed by atoms with van der Waals surface area (Å²) in [7, 11) is -3.73. The van der Waals surface area contributed by atoms with Gasteiger partial charge in [-0.15, -0.1) is 0 Å². The molecule has 8 heteroatoms. The molecule has 6 nitrogen and oxygen atoms in total. The molecule has 0 radical (unpaired) electrons. The molecule has 1 N–H and O–H groups in total. The summed E-state index contributed by atoms with van der Waals surface area (Å²) in [5, 5.41) is 7.43. The van der Waals surface area contributed by atoms with Crippen LogP contribution >= 0.6 is 11.6 Å². The van der Waals surface area contributed by atoms with Crippen molar-refractivity contribution in [1.29, 1.82) is 0 Å². The van der Waals surface area contributed by atoms with Crippen LogP contribution in [-0.4, -0.2) is 34.4 Å². The van der Waals surface area contributed by atoms with Gasteiger partial charge in [0.15, 0.2) is 5.82 Å². The Kier molecular flexibility index (Phi) is 4.75. The van der Waals surface area contributed by atoms with E-state index in [0.29, 0.717) is 24.6 Å². The van der Waals surface area contributed by atoms with Gasteiger partial charge in [-0.3, -0.25) is 5.10 Å². The van der Waals surface area contributed by atoms with Crippen molar-refractivity contribution in [2.24, 2.45) is 0 Å². The van der Waals surface area contributed by atoms with Gasteiger partial charge in [0.1, 0.15) is 10.7 Å². The molecule has 0 amide bonds. The number of nitrogens with one attached hydrogen (secondary N) is 1. The number of nitrogens with zero attached hydrogens (tertiary/aromatic N) is 3. The molecule has 0 spiro atoms. The van der Waals surface area contributed by atoms with Gasteiger partial charge < -0.3 is 0 Å². The van der Waals surface area contributed by atoms with Gasteiger partial charge in [0.2, 0.25) is 10.0 Å². The number of aryl methyl sites for hydroxylation is 1. The highest BCUT2D eigenvalue weighted by molar-refractivity contribution is 7.89. The first-order chi connectivity index (χ1) is 13.0. The minimum Gasteiger partial charge on any atom is -0.261 e. The van der Waals surface area contributed by atoms with Crippen LogP contribution in [0.4, 0.5) is 0 Å². The Hall–Kier alpha value is -2.22. The number of hydrogen-bond acceptors (Lipinski definition) is 4. The Morgan fingerprint density at radius 1 is 1.19 bits per heavy atom. The van der Waals surface area contributed by atoms with Crippen molar-refractivity contribution in [2.45, 2.75) is 30.7 Å². The number of halogens is 1. The number of benzene rings is 2. The van der Waals surface area contributed by atoms with Crippen LogP contribution in [0.1, 0.15) is 30.3 Å². The van der Waals surface area contributed by atoms with Gasteiger partial charge in [0, 0.05) is 12.1 Å². The molecule has 1 fully saturated rings. The quantitative estimate of drug-likeness (QED) is 0.716. The Morgan fingerprint density at radius 3 is 2.70 bits per heavy atom. The lowest BCUT2D eigenvalue weighted by Crippen LogP contribution is -2.31. The van der Waals surface area contributed by atoms with Crippen LogP contribution in [0.25, 0.3) is 11.4 Å². The highest BCUT2D eigenvalue weighted by Crippen LogP contribution is 2.37. The zero-order chi connectivity index (χ0) is 19.0. The molecule has 1 atom stereocenters. The van der Waals surface area contributed by atoms with Crippen molar-refractivity contribution >= 4 is 21.6 Å². The number of hydrogen-bond donors (Lipinski definition) is 1. The third-order valence-electron chi connectivity index (χ3n) is 4.73. The average Bonchev–Trinajstić information content (AvgIpc) is 3.32. The second-order valence-corrected chi connectivity index (χ2v) is 8.88. The maximum Gasteiger partial charge on any atom is 0.245 e. The molecular weight excluding hydrogens is 384 g/mol. The van der Waals surface area contributed by atoms with E-state index in [0.717, 1.165) is 17.5 Å². The van der Waals surface area contributed by atoms with Crippen LogP contribution in [0.15, 0.2) is 53.4 Å². The van der Waals surface area contributed by atoms with Crippen LogP contribution < -0.4 is 0 Å². The van der Waals surface area contributed by atoms with Gasteiger partial charge in [-0.25, -0.2) is 13.4 Å². The van der Waals surface area contributed by atoms with Crippen LogP contribution in [-0.2, 0) is 10.0 Å². The van der Waals surface area contributed by atoms with E-state index in [1.807, 2.05) is 37.3 Å². The second kappa shape index (κ2) is 7.07. The topological polar surface area (TPSA) is 79.0 Å². The highest BCUT2D eigenvalue weighted by atomic mass is 35.5. The van der Waals surface area contributed by atoms with E-state index in [4.69, 9.17) is 11.6 Å². The third-order valence-corrected chi connectivity index (χ3v) is 7.12. The largest absolute Gasteiger partial charge is 0.261 e.